The van der Waals surface area contributed by atoms with Crippen LogP contribution < -0.4 is 0 Å². The number of carbonyl (C=O) groups excluding carboxylic acids is 2. The van der Waals surface area contributed by atoms with Gasteiger partial charge < -0.3 is 14.5 Å². The molecule has 0 radical (unpaired) electrons. The molecule has 6 nitrogen and oxygen atoms in total. The van der Waals surface area contributed by atoms with Gasteiger partial charge in [-0.05, 0) is 18.8 Å². The predicted molar refractivity (Wildman–Crippen MR) is 87.1 cm³/mol. The first-order chi connectivity index (χ1) is 11.2. The molecule has 23 heavy (non-hydrogen) atoms. The summed E-state index contributed by atoms with van der Waals surface area (Å²) in [5, 5.41) is 0. The first-order valence-corrected chi connectivity index (χ1v) is 9.14. The summed E-state index contributed by atoms with van der Waals surface area (Å²) >= 11 is 0. The van der Waals surface area contributed by atoms with Crippen molar-refractivity contribution in [2.45, 2.75) is 38.5 Å². The highest BCUT2D eigenvalue weighted by molar-refractivity contribution is 5.76. The van der Waals surface area contributed by atoms with E-state index in [1.807, 2.05) is 4.90 Å². The molecular formula is C17H29N3O3. The molecule has 0 aromatic carbocycles. The molecule has 2 saturated heterocycles. The van der Waals surface area contributed by atoms with E-state index in [9.17, 15) is 9.59 Å². The van der Waals surface area contributed by atoms with Gasteiger partial charge in [0, 0.05) is 45.7 Å². The van der Waals surface area contributed by atoms with Crippen molar-refractivity contribution in [3.63, 3.8) is 0 Å². The quantitative estimate of drug-likeness (QED) is 0.770. The van der Waals surface area contributed by atoms with E-state index >= 15 is 0 Å². The maximum absolute atomic E-state index is 12.4. The first kappa shape index (κ1) is 16.6. The summed E-state index contributed by atoms with van der Waals surface area (Å²) in [4.78, 5) is 30.0. The number of rotatable bonds is 5. The fraction of sp³-hybridized carbons (Fsp3) is 0.882. The molecular weight excluding hydrogens is 294 g/mol. The second kappa shape index (κ2) is 7.99. The summed E-state index contributed by atoms with van der Waals surface area (Å²) < 4.78 is 4.94. The van der Waals surface area contributed by atoms with Crippen LogP contribution in [0.1, 0.15) is 38.5 Å². The molecule has 0 spiro atoms. The largest absolute Gasteiger partial charge is 0.448 e. The average molecular weight is 323 g/mol. The van der Waals surface area contributed by atoms with Crippen LogP contribution in [0.25, 0.3) is 0 Å². The Hall–Kier alpha value is -1.30. The Labute approximate surface area is 138 Å². The highest BCUT2D eigenvalue weighted by Gasteiger charge is 2.26. The molecule has 2 aliphatic heterocycles. The lowest BCUT2D eigenvalue weighted by atomic mass is 9.86. The molecule has 0 unspecified atom stereocenters. The molecule has 0 aromatic heterocycles. The molecule has 130 valence electrons. The number of carbonyl (C=O) groups is 2. The van der Waals surface area contributed by atoms with Gasteiger partial charge in [0.2, 0.25) is 5.91 Å². The average Bonchev–Trinajstić information content (AvgIpc) is 2.99. The molecule has 3 rings (SSSR count). The number of nitrogens with zero attached hydrogens (tertiary/aromatic N) is 3. The topological polar surface area (TPSA) is 53.1 Å². The van der Waals surface area contributed by atoms with Gasteiger partial charge in [-0.15, -0.1) is 0 Å². The third kappa shape index (κ3) is 4.59. The second-order valence-electron chi connectivity index (χ2n) is 7.03. The molecule has 0 atom stereocenters. The number of ether oxygens (including phenoxy) is 1. The van der Waals surface area contributed by atoms with E-state index < -0.39 is 0 Å². The van der Waals surface area contributed by atoms with E-state index in [1.54, 1.807) is 4.90 Å². The van der Waals surface area contributed by atoms with Gasteiger partial charge in [0.25, 0.3) is 0 Å². The minimum atomic E-state index is -0.189. The Morgan fingerprint density at radius 2 is 1.74 bits per heavy atom. The number of amides is 2. The van der Waals surface area contributed by atoms with E-state index in [2.05, 4.69) is 4.90 Å². The van der Waals surface area contributed by atoms with Crippen LogP contribution in [0, 0.1) is 5.92 Å². The second-order valence-corrected chi connectivity index (χ2v) is 7.03. The van der Waals surface area contributed by atoms with Crippen LogP contribution in [-0.2, 0) is 9.53 Å². The van der Waals surface area contributed by atoms with Crippen molar-refractivity contribution >= 4 is 12.0 Å². The molecule has 0 aromatic rings. The highest BCUT2D eigenvalue weighted by Crippen LogP contribution is 2.27. The molecule has 2 amide bonds. The first-order valence-electron chi connectivity index (χ1n) is 9.14. The van der Waals surface area contributed by atoms with Gasteiger partial charge in [0.1, 0.15) is 6.61 Å². The van der Waals surface area contributed by atoms with Gasteiger partial charge >= 0.3 is 6.09 Å². The SMILES string of the molecule is O=C(CC1CCCCC1)N1CCN(CCN2CCOC2=O)CC1. The van der Waals surface area contributed by atoms with E-state index in [0.717, 1.165) is 45.7 Å². The smallest absolute Gasteiger partial charge is 0.409 e. The summed E-state index contributed by atoms with van der Waals surface area (Å²) in [6.45, 7) is 6.32. The van der Waals surface area contributed by atoms with Crippen LogP contribution in [0.15, 0.2) is 0 Å². The zero-order valence-electron chi connectivity index (χ0n) is 14.0. The van der Waals surface area contributed by atoms with Gasteiger partial charge in [-0.2, -0.15) is 0 Å². The molecule has 0 N–H and O–H groups in total. The van der Waals surface area contributed by atoms with Crippen LogP contribution in [0.3, 0.4) is 0 Å². The summed E-state index contributed by atoms with van der Waals surface area (Å²) in [6, 6.07) is 0. The summed E-state index contributed by atoms with van der Waals surface area (Å²) in [5.41, 5.74) is 0. The third-order valence-corrected chi connectivity index (χ3v) is 5.44. The molecule has 3 aliphatic rings. The van der Waals surface area contributed by atoms with Gasteiger partial charge in [-0.3, -0.25) is 9.69 Å². The lowest BCUT2D eigenvalue weighted by molar-refractivity contribution is -0.134. The Bertz CT molecular complexity index is 415. The third-order valence-electron chi connectivity index (χ3n) is 5.44. The number of hydrogen-bond donors (Lipinski definition) is 0. The van der Waals surface area contributed by atoms with E-state index in [4.69, 9.17) is 4.74 Å². The minimum absolute atomic E-state index is 0.189. The minimum Gasteiger partial charge on any atom is -0.448 e. The van der Waals surface area contributed by atoms with E-state index in [-0.39, 0.29) is 6.09 Å². The molecule has 6 heteroatoms. The summed E-state index contributed by atoms with van der Waals surface area (Å²) in [6.07, 6.45) is 6.96. The van der Waals surface area contributed by atoms with E-state index in [0.29, 0.717) is 25.0 Å². The summed E-state index contributed by atoms with van der Waals surface area (Å²) in [5.74, 6) is 0.968. The van der Waals surface area contributed by atoms with Gasteiger partial charge in [-0.25, -0.2) is 4.79 Å². The van der Waals surface area contributed by atoms with Crippen LogP contribution in [0.5, 0.6) is 0 Å². The maximum atomic E-state index is 12.4. The number of piperazine rings is 1. The standard InChI is InChI=1S/C17H29N3O3/c21-16(14-15-4-2-1-3-5-15)19-9-6-18(7-10-19)8-11-20-12-13-23-17(20)22/h15H,1-14H2. The fourth-order valence-corrected chi connectivity index (χ4v) is 3.88. The fourth-order valence-electron chi connectivity index (χ4n) is 3.88. The van der Waals surface area contributed by atoms with Gasteiger partial charge in [0.05, 0.1) is 6.54 Å². The van der Waals surface area contributed by atoms with Crippen LogP contribution in [0.2, 0.25) is 0 Å². The molecule has 2 heterocycles. The zero-order chi connectivity index (χ0) is 16.1. The molecule has 1 saturated carbocycles. The van der Waals surface area contributed by atoms with Crippen molar-refractivity contribution in [3.8, 4) is 0 Å². The van der Waals surface area contributed by atoms with Crippen LogP contribution in [-0.4, -0.2) is 79.1 Å². The highest BCUT2D eigenvalue weighted by atomic mass is 16.6. The van der Waals surface area contributed by atoms with Crippen molar-refractivity contribution in [1.29, 1.82) is 0 Å². The number of cyclic esters (lactones) is 1. The van der Waals surface area contributed by atoms with Crippen molar-refractivity contribution < 1.29 is 14.3 Å². The van der Waals surface area contributed by atoms with Crippen LogP contribution >= 0.6 is 0 Å². The van der Waals surface area contributed by atoms with E-state index in [1.165, 1.54) is 32.1 Å². The molecule has 3 fully saturated rings. The monoisotopic (exact) mass is 323 g/mol. The Morgan fingerprint density at radius 1 is 1.00 bits per heavy atom. The lowest BCUT2D eigenvalue weighted by Gasteiger charge is -2.36. The van der Waals surface area contributed by atoms with Crippen molar-refractivity contribution in [1.82, 2.24) is 14.7 Å². The van der Waals surface area contributed by atoms with Gasteiger partial charge in [-0.1, -0.05) is 19.3 Å². The maximum Gasteiger partial charge on any atom is 0.409 e. The Kier molecular flexibility index (Phi) is 5.75. The molecule has 1 aliphatic carbocycles. The Balaban J connectivity index is 1.34. The van der Waals surface area contributed by atoms with Crippen molar-refractivity contribution in [3.05, 3.63) is 0 Å². The lowest BCUT2D eigenvalue weighted by Crippen LogP contribution is -2.50. The Morgan fingerprint density at radius 3 is 2.39 bits per heavy atom. The van der Waals surface area contributed by atoms with Crippen molar-refractivity contribution in [2.24, 2.45) is 5.92 Å². The molecule has 0 bridgehead atoms. The zero-order valence-corrected chi connectivity index (χ0v) is 14.0. The van der Waals surface area contributed by atoms with Gasteiger partial charge in [0.15, 0.2) is 0 Å². The summed E-state index contributed by atoms with van der Waals surface area (Å²) in [7, 11) is 0. The number of hydrogen-bond acceptors (Lipinski definition) is 4. The van der Waals surface area contributed by atoms with Crippen molar-refractivity contribution in [2.75, 3.05) is 52.4 Å². The normalized spacial score (nSPS) is 24.1. The van der Waals surface area contributed by atoms with Crippen LogP contribution in [0.4, 0.5) is 4.79 Å². The predicted octanol–water partition coefficient (Wildman–Crippen LogP) is 1.55.